The quantitative estimate of drug-likeness (QED) is 0.604. The van der Waals surface area contributed by atoms with Gasteiger partial charge in [0.15, 0.2) is 0 Å². The van der Waals surface area contributed by atoms with E-state index in [0.717, 1.165) is 0 Å². The van der Waals surface area contributed by atoms with E-state index in [0.29, 0.717) is 5.69 Å². The van der Waals surface area contributed by atoms with E-state index >= 15 is 0 Å². The van der Waals surface area contributed by atoms with Crippen LogP contribution >= 0.6 is 0 Å². The fourth-order valence-corrected chi connectivity index (χ4v) is 1.39. The summed E-state index contributed by atoms with van der Waals surface area (Å²) in [6.45, 7) is 1.34. The maximum Gasteiger partial charge on any atom is 2.00 e. The molecule has 1 aromatic rings. The standard InChI is InChI=1S/C8H9NO4S.Ca.2H/c1-6(10)9-7-2-4-8(5-3-7)14(11,12)13;;;/h2-5H,1H3,(H,9,10)(H,11,12,13);;;/q;+2;2*-1. The molecule has 0 saturated carbocycles. The van der Waals surface area contributed by atoms with Gasteiger partial charge in [0.1, 0.15) is 0 Å². The number of anilines is 1. The van der Waals surface area contributed by atoms with Crippen LogP contribution in [-0.4, -0.2) is 56.6 Å². The number of rotatable bonds is 2. The van der Waals surface area contributed by atoms with Crippen molar-refractivity contribution in [2.24, 2.45) is 0 Å². The number of benzene rings is 1. The molecule has 0 aliphatic heterocycles. The van der Waals surface area contributed by atoms with Gasteiger partial charge < -0.3 is 8.17 Å². The Balaban J connectivity index is -0.000000653. The van der Waals surface area contributed by atoms with E-state index in [4.69, 9.17) is 4.55 Å². The predicted octanol–water partition coefficient (Wildman–Crippen LogP) is 0.736. The van der Waals surface area contributed by atoms with Crippen molar-refractivity contribution in [3.05, 3.63) is 24.3 Å². The molecule has 2 N–H and O–H groups in total. The topological polar surface area (TPSA) is 83.5 Å². The van der Waals surface area contributed by atoms with Crippen molar-refractivity contribution in [1.29, 1.82) is 0 Å². The second-order valence-corrected chi connectivity index (χ2v) is 4.10. The Bertz CT molecular complexity index is 449. The number of nitrogens with one attached hydrogen (secondary N) is 1. The molecule has 0 heterocycles. The zero-order chi connectivity index (χ0) is 10.8. The molecule has 1 aromatic carbocycles. The predicted molar refractivity (Wildman–Crippen MR) is 58.5 cm³/mol. The average molecular weight is 257 g/mol. The molecule has 0 atom stereocenters. The molecule has 80 valence electrons. The summed E-state index contributed by atoms with van der Waals surface area (Å²) in [5, 5.41) is 2.47. The van der Waals surface area contributed by atoms with Crippen LogP contribution < -0.4 is 5.32 Å². The Kier molecular flexibility index (Phi) is 5.76. The molecule has 7 heteroatoms. The summed E-state index contributed by atoms with van der Waals surface area (Å²) >= 11 is 0. The molecular formula is C8H11CaNO4S. The number of hydrogen-bond acceptors (Lipinski definition) is 3. The minimum absolute atomic E-state index is 0. The van der Waals surface area contributed by atoms with Gasteiger partial charge in [-0.1, -0.05) is 0 Å². The van der Waals surface area contributed by atoms with Gasteiger partial charge in [0.2, 0.25) is 5.91 Å². The third-order valence-electron chi connectivity index (χ3n) is 1.47. The molecular weight excluding hydrogens is 246 g/mol. The Morgan fingerprint density at radius 3 is 2.13 bits per heavy atom. The van der Waals surface area contributed by atoms with Gasteiger partial charge in [-0.2, -0.15) is 8.42 Å². The maximum atomic E-state index is 10.6. The number of carbonyl (C=O) groups excluding carboxylic acids is 1. The molecule has 0 fully saturated rings. The van der Waals surface area contributed by atoms with Crippen LogP contribution in [0.15, 0.2) is 29.2 Å². The van der Waals surface area contributed by atoms with E-state index in [1.807, 2.05) is 0 Å². The molecule has 5 nitrogen and oxygen atoms in total. The monoisotopic (exact) mass is 257 g/mol. The van der Waals surface area contributed by atoms with Gasteiger partial charge in [-0.15, -0.1) is 0 Å². The molecule has 0 aliphatic carbocycles. The van der Waals surface area contributed by atoms with Gasteiger partial charge in [0, 0.05) is 12.6 Å². The largest absolute Gasteiger partial charge is 2.00 e. The van der Waals surface area contributed by atoms with Crippen LogP contribution in [0.1, 0.15) is 9.78 Å². The summed E-state index contributed by atoms with van der Waals surface area (Å²) in [7, 11) is -4.16. The van der Waals surface area contributed by atoms with Crippen molar-refractivity contribution in [2.75, 3.05) is 5.32 Å². The Labute approximate surface area is 121 Å². The van der Waals surface area contributed by atoms with Gasteiger partial charge in [-0.05, 0) is 24.3 Å². The first-order valence-corrected chi connectivity index (χ1v) is 5.19. The number of carbonyl (C=O) groups is 1. The SMILES string of the molecule is CC(=O)Nc1ccc(S(=O)(=O)O)cc1.[Ca+2].[H-].[H-]. The van der Waals surface area contributed by atoms with Crippen LogP contribution in [0.4, 0.5) is 5.69 Å². The van der Waals surface area contributed by atoms with E-state index in [9.17, 15) is 13.2 Å². The summed E-state index contributed by atoms with van der Waals surface area (Å²) in [6, 6.07) is 5.20. The summed E-state index contributed by atoms with van der Waals surface area (Å²) in [4.78, 5) is 10.4. The van der Waals surface area contributed by atoms with Crippen molar-refractivity contribution in [2.45, 2.75) is 11.8 Å². The minimum atomic E-state index is -4.16. The molecule has 1 amide bonds. The molecule has 0 unspecified atom stereocenters. The Hall–Kier alpha value is -0.140. The third-order valence-corrected chi connectivity index (χ3v) is 2.34. The summed E-state index contributed by atoms with van der Waals surface area (Å²) in [5.41, 5.74) is 0.477. The normalized spacial score (nSPS) is 10.3. The van der Waals surface area contributed by atoms with Crippen molar-refractivity contribution in [3.63, 3.8) is 0 Å². The zero-order valence-corrected chi connectivity index (χ0v) is 11.1. The maximum absolute atomic E-state index is 10.6. The average Bonchev–Trinajstić information content (AvgIpc) is 2.02. The van der Waals surface area contributed by atoms with Gasteiger partial charge >= 0.3 is 37.7 Å². The van der Waals surface area contributed by atoms with E-state index in [2.05, 4.69) is 5.32 Å². The van der Waals surface area contributed by atoms with Crippen LogP contribution in [-0.2, 0) is 14.9 Å². The molecule has 0 spiro atoms. The van der Waals surface area contributed by atoms with E-state index in [1.54, 1.807) is 0 Å². The minimum Gasteiger partial charge on any atom is -1.00 e. The van der Waals surface area contributed by atoms with Gasteiger partial charge in [-0.3, -0.25) is 9.35 Å². The third kappa shape index (κ3) is 4.94. The molecule has 1 rings (SSSR count). The van der Waals surface area contributed by atoms with Crippen LogP contribution in [0.3, 0.4) is 0 Å². The molecule has 0 bridgehead atoms. The van der Waals surface area contributed by atoms with Crippen molar-refractivity contribution in [3.8, 4) is 0 Å². The molecule has 0 aromatic heterocycles. The molecule has 15 heavy (non-hydrogen) atoms. The van der Waals surface area contributed by atoms with Crippen molar-refractivity contribution >= 4 is 59.5 Å². The second kappa shape index (κ2) is 5.81. The second-order valence-electron chi connectivity index (χ2n) is 2.68. The first-order chi connectivity index (χ1) is 6.39. The van der Waals surface area contributed by atoms with Crippen molar-refractivity contribution < 1.29 is 20.6 Å². The fraction of sp³-hybridized carbons (Fsp3) is 0.125. The Morgan fingerprint density at radius 1 is 1.33 bits per heavy atom. The number of amides is 1. The van der Waals surface area contributed by atoms with E-state index in [-0.39, 0.29) is 51.4 Å². The van der Waals surface area contributed by atoms with Gasteiger partial charge in [0.05, 0.1) is 4.90 Å². The smallest absolute Gasteiger partial charge is 1.00 e. The van der Waals surface area contributed by atoms with E-state index < -0.39 is 10.1 Å². The fourth-order valence-electron chi connectivity index (χ4n) is 0.914. The van der Waals surface area contributed by atoms with E-state index in [1.165, 1.54) is 31.2 Å². The summed E-state index contributed by atoms with van der Waals surface area (Å²) in [5.74, 6) is -0.246. The molecule has 0 radical (unpaired) electrons. The summed E-state index contributed by atoms with van der Waals surface area (Å²) in [6.07, 6.45) is 0. The molecule has 0 aliphatic rings. The molecule has 0 saturated heterocycles. The number of hydrogen-bond donors (Lipinski definition) is 2. The van der Waals surface area contributed by atoms with Crippen LogP contribution in [0, 0.1) is 0 Å². The Morgan fingerprint density at radius 2 is 1.80 bits per heavy atom. The summed E-state index contributed by atoms with van der Waals surface area (Å²) < 4.78 is 29.9. The van der Waals surface area contributed by atoms with Gasteiger partial charge in [0.25, 0.3) is 10.1 Å². The van der Waals surface area contributed by atoms with Crippen LogP contribution in [0.25, 0.3) is 0 Å². The first kappa shape index (κ1) is 14.9. The van der Waals surface area contributed by atoms with Crippen LogP contribution in [0.5, 0.6) is 0 Å². The zero-order valence-electron chi connectivity index (χ0n) is 10.1. The van der Waals surface area contributed by atoms with Crippen LogP contribution in [0.2, 0.25) is 0 Å². The van der Waals surface area contributed by atoms with Gasteiger partial charge in [-0.25, -0.2) is 0 Å². The first-order valence-electron chi connectivity index (χ1n) is 3.75. The van der Waals surface area contributed by atoms with Crippen molar-refractivity contribution in [1.82, 2.24) is 0 Å².